The van der Waals surface area contributed by atoms with Crippen LogP contribution in [-0.2, 0) is 20.8 Å². The van der Waals surface area contributed by atoms with Gasteiger partial charge in [-0.2, -0.15) is 5.10 Å². The summed E-state index contributed by atoms with van der Waals surface area (Å²) in [5.74, 6) is -1.81. The normalized spacial score (nSPS) is 20.2. The Morgan fingerprint density at radius 3 is 2.54 bits per heavy atom. The fourth-order valence-electron chi connectivity index (χ4n) is 4.69. The van der Waals surface area contributed by atoms with Crippen LogP contribution in [0.15, 0.2) is 59.7 Å². The third kappa shape index (κ3) is 5.48. The number of para-hydroxylation sites is 1. The van der Waals surface area contributed by atoms with Crippen LogP contribution in [0.5, 0.6) is 5.75 Å². The Balaban J connectivity index is 1.59. The molecule has 2 aromatic rings. The highest BCUT2D eigenvalue weighted by Gasteiger charge is 2.54. The Morgan fingerprint density at radius 1 is 1.19 bits per heavy atom. The number of halogens is 1. The van der Waals surface area contributed by atoms with Crippen molar-refractivity contribution in [2.45, 2.75) is 38.3 Å². The van der Waals surface area contributed by atoms with E-state index in [0.29, 0.717) is 19.4 Å². The van der Waals surface area contributed by atoms with Crippen molar-refractivity contribution in [3.63, 3.8) is 0 Å². The number of carbonyl (C=O) groups excluding carboxylic acids is 3. The fourth-order valence-corrected chi connectivity index (χ4v) is 4.69. The zero-order chi connectivity index (χ0) is 26.8. The zero-order valence-corrected chi connectivity index (χ0v) is 21.2. The standard InChI is InChI=1S/C27H32FN5O4/c1-26(2,29)24(35)30-20(16-37-21-12-8-7-11-19(21)28)23(34)33-14-13-22-27(17-33,25(36)32(3)31-22)15-18-9-5-4-6-10-18/h4-12,20H,13-17,29H2,1-3H3,(H,30,35)/t20-,27-/m1/s1. The molecule has 0 bridgehead atoms. The zero-order valence-electron chi connectivity index (χ0n) is 21.2. The molecule has 1 saturated heterocycles. The molecule has 0 unspecified atom stereocenters. The van der Waals surface area contributed by atoms with Crippen molar-refractivity contribution in [2.24, 2.45) is 16.3 Å². The second-order valence-corrected chi connectivity index (χ2v) is 10.1. The number of nitrogens with two attached hydrogens (primary N) is 1. The van der Waals surface area contributed by atoms with E-state index in [-0.39, 0.29) is 24.8 Å². The molecule has 2 atom stereocenters. The summed E-state index contributed by atoms with van der Waals surface area (Å²) in [4.78, 5) is 41.4. The maximum atomic E-state index is 14.1. The second-order valence-electron chi connectivity index (χ2n) is 10.1. The first-order chi connectivity index (χ1) is 17.5. The Labute approximate surface area is 215 Å². The molecule has 0 aliphatic carbocycles. The molecule has 0 saturated carbocycles. The minimum absolute atomic E-state index is 0.0391. The van der Waals surface area contributed by atoms with Gasteiger partial charge in [-0.1, -0.05) is 42.5 Å². The lowest BCUT2D eigenvalue weighted by molar-refractivity contribution is -0.143. The van der Waals surface area contributed by atoms with Crippen LogP contribution in [0.3, 0.4) is 0 Å². The maximum Gasteiger partial charge on any atom is 0.256 e. The van der Waals surface area contributed by atoms with Gasteiger partial charge in [0.2, 0.25) is 11.8 Å². The largest absolute Gasteiger partial charge is 0.488 e. The van der Waals surface area contributed by atoms with E-state index in [4.69, 9.17) is 10.5 Å². The average molecular weight is 510 g/mol. The number of hydrogen-bond acceptors (Lipinski definition) is 6. The molecule has 0 radical (unpaired) electrons. The third-order valence-electron chi connectivity index (χ3n) is 6.70. The van der Waals surface area contributed by atoms with Gasteiger partial charge in [0.25, 0.3) is 5.91 Å². The van der Waals surface area contributed by atoms with E-state index in [1.54, 1.807) is 18.0 Å². The van der Waals surface area contributed by atoms with Gasteiger partial charge in [-0.3, -0.25) is 14.4 Å². The highest BCUT2D eigenvalue weighted by molar-refractivity contribution is 6.13. The van der Waals surface area contributed by atoms with Crippen molar-refractivity contribution in [3.05, 3.63) is 66.0 Å². The van der Waals surface area contributed by atoms with Crippen LogP contribution in [0.2, 0.25) is 0 Å². The minimum atomic E-state index is -1.25. The van der Waals surface area contributed by atoms with Crippen LogP contribution in [0.25, 0.3) is 0 Å². The van der Waals surface area contributed by atoms with Crippen LogP contribution in [0, 0.1) is 11.2 Å². The van der Waals surface area contributed by atoms with Crippen LogP contribution >= 0.6 is 0 Å². The predicted octanol–water partition coefficient (Wildman–Crippen LogP) is 1.72. The molecule has 9 nitrogen and oxygen atoms in total. The molecular formula is C27H32FN5O4. The van der Waals surface area contributed by atoms with Gasteiger partial charge >= 0.3 is 0 Å². The molecule has 0 aromatic heterocycles. The molecule has 37 heavy (non-hydrogen) atoms. The fraction of sp³-hybridized carbons (Fsp3) is 0.407. The van der Waals surface area contributed by atoms with E-state index < -0.39 is 34.6 Å². The molecule has 10 heteroatoms. The first-order valence-corrected chi connectivity index (χ1v) is 12.2. The van der Waals surface area contributed by atoms with E-state index in [1.807, 2.05) is 30.3 Å². The number of hydrogen-bond donors (Lipinski definition) is 2. The number of carbonyl (C=O) groups is 3. The van der Waals surface area contributed by atoms with Gasteiger partial charge < -0.3 is 20.7 Å². The Kier molecular flexibility index (Phi) is 7.31. The molecule has 0 spiro atoms. The average Bonchev–Trinajstić information content (AvgIpc) is 3.11. The molecular weight excluding hydrogens is 477 g/mol. The summed E-state index contributed by atoms with van der Waals surface area (Å²) in [6.07, 6.45) is 0.796. The Morgan fingerprint density at radius 2 is 1.86 bits per heavy atom. The number of hydrazone groups is 1. The van der Waals surface area contributed by atoms with Gasteiger partial charge in [0.1, 0.15) is 18.1 Å². The molecule has 2 aromatic carbocycles. The summed E-state index contributed by atoms with van der Waals surface area (Å²) in [6, 6.07) is 14.3. The van der Waals surface area contributed by atoms with Gasteiger partial charge in [-0.25, -0.2) is 9.40 Å². The first kappa shape index (κ1) is 26.3. The van der Waals surface area contributed by atoms with E-state index in [1.165, 1.54) is 37.1 Å². The van der Waals surface area contributed by atoms with Crippen molar-refractivity contribution < 1.29 is 23.5 Å². The minimum Gasteiger partial charge on any atom is -0.488 e. The van der Waals surface area contributed by atoms with Gasteiger partial charge in [0.15, 0.2) is 11.6 Å². The van der Waals surface area contributed by atoms with Crippen molar-refractivity contribution in [1.29, 1.82) is 0 Å². The number of nitrogens with one attached hydrogen (secondary N) is 1. The quantitative estimate of drug-likeness (QED) is 0.562. The summed E-state index contributed by atoms with van der Waals surface area (Å²) >= 11 is 0. The molecule has 196 valence electrons. The highest BCUT2D eigenvalue weighted by Crippen LogP contribution is 2.38. The molecule has 2 aliphatic rings. The lowest BCUT2D eigenvalue weighted by Gasteiger charge is -2.40. The Hall–Kier alpha value is -3.79. The number of amides is 3. The van der Waals surface area contributed by atoms with Gasteiger partial charge in [0.05, 0.1) is 11.3 Å². The molecule has 2 aliphatic heterocycles. The van der Waals surface area contributed by atoms with Gasteiger partial charge in [-0.05, 0) is 38.0 Å². The first-order valence-electron chi connectivity index (χ1n) is 12.2. The van der Waals surface area contributed by atoms with Crippen molar-refractivity contribution in [3.8, 4) is 5.75 Å². The van der Waals surface area contributed by atoms with Gasteiger partial charge in [0, 0.05) is 26.6 Å². The maximum absolute atomic E-state index is 14.1. The molecule has 1 fully saturated rings. The third-order valence-corrected chi connectivity index (χ3v) is 6.70. The lowest BCUT2D eigenvalue weighted by atomic mass is 9.73. The van der Waals surface area contributed by atoms with Gasteiger partial charge in [-0.15, -0.1) is 0 Å². The van der Waals surface area contributed by atoms with E-state index in [9.17, 15) is 18.8 Å². The van der Waals surface area contributed by atoms with Crippen molar-refractivity contribution >= 4 is 23.4 Å². The molecule has 2 heterocycles. The van der Waals surface area contributed by atoms with Crippen molar-refractivity contribution in [1.82, 2.24) is 15.2 Å². The van der Waals surface area contributed by atoms with Crippen molar-refractivity contribution in [2.75, 3.05) is 26.7 Å². The van der Waals surface area contributed by atoms with E-state index >= 15 is 0 Å². The summed E-state index contributed by atoms with van der Waals surface area (Å²) < 4.78 is 19.7. The number of likely N-dealkylation sites (tertiary alicyclic amines) is 1. The Bertz CT molecular complexity index is 1210. The SMILES string of the molecule is CN1N=C2CCN(C(=O)[C@@H](COc3ccccc3F)NC(=O)C(C)(C)N)C[C@@]2(Cc2ccccc2)C1=O. The lowest BCUT2D eigenvalue weighted by Crippen LogP contribution is -2.62. The number of nitrogens with zero attached hydrogens (tertiary/aromatic N) is 3. The van der Waals surface area contributed by atoms with E-state index in [2.05, 4.69) is 10.4 Å². The number of ether oxygens (including phenoxy) is 1. The molecule has 3 amide bonds. The van der Waals surface area contributed by atoms with E-state index in [0.717, 1.165) is 11.3 Å². The summed E-state index contributed by atoms with van der Waals surface area (Å²) in [7, 11) is 1.61. The number of fused-ring (bicyclic) bond motifs is 1. The molecule has 3 N–H and O–H groups in total. The summed E-state index contributed by atoms with van der Waals surface area (Å²) in [5.41, 5.74) is 5.37. The van der Waals surface area contributed by atoms with Crippen LogP contribution < -0.4 is 15.8 Å². The number of piperidine rings is 1. The number of rotatable bonds is 8. The monoisotopic (exact) mass is 509 g/mol. The van der Waals surface area contributed by atoms with Crippen LogP contribution in [0.1, 0.15) is 25.8 Å². The highest BCUT2D eigenvalue weighted by atomic mass is 19.1. The second kappa shape index (κ2) is 10.3. The number of benzene rings is 2. The van der Waals surface area contributed by atoms with Crippen LogP contribution in [-0.4, -0.2) is 71.7 Å². The topological polar surface area (TPSA) is 117 Å². The predicted molar refractivity (Wildman–Crippen MR) is 136 cm³/mol. The molecule has 4 rings (SSSR count). The summed E-state index contributed by atoms with van der Waals surface area (Å²) in [6.45, 7) is 3.15. The van der Waals surface area contributed by atoms with Crippen LogP contribution in [0.4, 0.5) is 4.39 Å². The summed E-state index contributed by atoms with van der Waals surface area (Å²) in [5, 5.41) is 8.47. The smallest absolute Gasteiger partial charge is 0.256 e.